The van der Waals surface area contributed by atoms with Gasteiger partial charge in [-0.2, -0.15) is 5.10 Å². The summed E-state index contributed by atoms with van der Waals surface area (Å²) in [6.07, 6.45) is 5.07. The number of para-hydroxylation sites is 1. The first kappa shape index (κ1) is 16.4. The summed E-state index contributed by atoms with van der Waals surface area (Å²) in [6, 6.07) is 13.2. The van der Waals surface area contributed by atoms with Gasteiger partial charge in [0.05, 0.1) is 22.5 Å². The molecule has 1 N–H and O–H groups in total. The summed E-state index contributed by atoms with van der Waals surface area (Å²) in [4.78, 5) is 20.9. The van der Waals surface area contributed by atoms with Crippen LogP contribution in [0.3, 0.4) is 0 Å². The summed E-state index contributed by atoms with van der Waals surface area (Å²) in [5.74, 6) is 0.296. The average molecular weight is 365 g/mol. The van der Waals surface area contributed by atoms with Crippen molar-refractivity contribution in [2.75, 3.05) is 11.9 Å². The van der Waals surface area contributed by atoms with E-state index in [0.717, 1.165) is 15.2 Å². The Balaban J connectivity index is 1.36. The molecular weight excluding hydrogens is 350 g/mol. The van der Waals surface area contributed by atoms with Crippen molar-refractivity contribution < 1.29 is 9.53 Å². The summed E-state index contributed by atoms with van der Waals surface area (Å²) in [7, 11) is 0. The van der Waals surface area contributed by atoms with Crippen LogP contribution in [0.1, 0.15) is 5.01 Å². The van der Waals surface area contributed by atoms with Gasteiger partial charge in [0.15, 0.2) is 5.82 Å². The zero-order valence-corrected chi connectivity index (χ0v) is 14.5. The number of benzene rings is 1. The second-order valence-corrected chi connectivity index (χ2v) is 6.56. The molecule has 0 bridgehead atoms. The maximum absolute atomic E-state index is 12.2. The van der Waals surface area contributed by atoms with Crippen LogP contribution in [0, 0.1) is 0 Å². The lowest BCUT2D eigenvalue weighted by Crippen LogP contribution is -2.19. The van der Waals surface area contributed by atoms with Crippen molar-refractivity contribution in [1.82, 2.24) is 19.7 Å². The zero-order valence-electron chi connectivity index (χ0n) is 13.7. The molecule has 0 atom stereocenters. The summed E-state index contributed by atoms with van der Waals surface area (Å²) in [6.45, 7) is 0.231. The molecule has 0 aliphatic rings. The minimum absolute atomic E-state index is 0.0661. The Morgan fingerprint density at radius 2 is 2.08 bits per heavy atom. The molecule has 0 spiro atoms. The Morgan fingerprint density at radius 1 is 1.15 bits per heavy atom. The largest absolute Gasteiger partial charge is 0.364 e. The molecular formula is C18H15N5O2S. The molecule has 0 aliphatic heterocycles. The van der Waals surface area contributed by atoms with E-state index in [1.54, 1.807) is 52.8 Å². The number of fused-ring (bicyclic) bond motifs is 1. The minimum Gasteiger partial charge on any atom is -0.364 e. The van der Waals surface area contributed by atoms with E-state index >= 15 is 0 Å². The molecule has 3 heterocycles. The van der Waals surface area contributed by atoms with E-state index < -0.39 is 0 Å². The van der Waals surface area contributed by atoms with E-state index in [1.165, 1.54) is 0 Å². The quantitative estimate of drug-likeness (QED) is 0.568. The Labute approximate surface area is 153 Å². The number of nitrogens with zero attached hydrogens (tertiary/aromatic N) is 4. The van der Waals surface area contributed by atoms with Crippen LogP contribution in [0.25, 0.3) is 16.0 Å². The first-order valence-corrected chi connectivity index (χ1v) is 8.78. The van der Waals surface area contributed by atoms with Crippen molar-refractivity contribution in [3.8, 4) is 5.82 Å². The van der Waals surface area contributed by atoms with Crippen LogP contribution in [0.4, 0.5) is 5.69 Å². The molecule has 0 saturated heterocycles. The van der Waals surface area contributed by atoms with Crippen LogP contribution < -0.4 is 5.32 Å². The van der Waals surface area contributed by atoms with E-state index in [-0.39, 0.29) is 12.5 Å². The summed E-state index contributed by atoms with van der Waals surface area (Å²) < 4.78 is 8.21. The van der Waals surface area contributed by atoms with Gasteiger partial charge in [-0.3, -0.25) is 4.79 Å². The molecule has 4 rings (SSSR count). The lowest BCUT2D eigenvalue weighted by atomic mass is 10.3. The van der Waals surface area contributed by atoms with Crippen LogP contribution in [-0.4, -0.2) is 32.3 Å². The van der Waals surface area contributed by atoms with Gasteiger partial charge in [-0.15, -0.1) is 11.3 Å². The molecule has 3 aromatic heterocycles. The van der Waals surface area contributed by atoms with Gasteiger partial charge in [0.2, 0.25) is 5.91 Å². The lowest BCUT2D eigenvalue weighted by Gasteiger charge is -2.09. The topological polar surface area (TPSA) is 81.9 Å². The molecule has 130 valence electrons. The first-order valence-electron chi connectivity index (χ1n) is 7.97. The number of rotatable bonds is 6. The van der Waals surface area contributed by atoms with Crippen LogP contribution in [0.2, 0.25) is 0 Å². The third-order valence-electron chi connectivity index (χ3n) is 3.58. The number of hydrogen-bond acceptors (Lipinski definition) is 6. The van der Waals surface area contributed by atoms with Gasteiger partial charge in [-0.25, -0.2) is 14.6 Å². The van der Waals surface area contributed by atoms with Crippen molar-refractivity contribution in [2.24, 2.45) is 0 Å². The normalized spacial score (nSPS) is 10.9. The molecule has 8 heteroatoms. The van der Waals surface area contributed by atoms with Crippen molar-refractivity contribution in [3.05, 3.63) is 66.1 Å². The monoisotopic (exact) mass is 365 g/mol. The van der Waals surface area contributed by atoms with E-state index in [1.807, 2.05) is 24.3 Å². The van der Waals surface area contributed by atoms with Gasteiger partial charge in [0, 0.05) is 18.6 Å². The van der Waals surface area contributed by atoms with E-state index in [2.05, 4.69) is 20.4 Å². The molecule has 0 fully saturated rings. The number of carbonyl (C=O) groups excluding carboxylic acids is 1. The molecule has 7 nitrogen and oxygen atoms in total. The Morgan fingerprint density at radius 3 is 2.92 bits per heavy atom. The molecule has 4 aromatic rings. The van der Waals surface area contributed by atoms with Crippen LogP contribution >= 0.6 is 11.3 Å². The van der Waals surface area contributed by atoms with Crippen molar-refractivity contribution >= 4 is 33.1 Å². The molecule has 0 radical (unpaired) electrons. The van der Waals surface area contributed by atoms with E-state index in [9.17, 15) is 4.79 Å². The minimum atomic E-state index is -0.257. The second kappa shape index (κ2) is 7.42. The number of aromatic nitrogens is 4. The third kappa shape index (κ3) is 3.61. The second-order valence-electron chi connectivity index (χ2n) is 5.44. The molecule has 0 unspecified atom stereocenters. The fraction of sp³-hybridized carbons (Fsp3) is 0.111. The maximum atomic E-state index is 12.2. The number of hydrogen-bond donors (Lipinski definition) is 1. The zero-order chi connectivity index (χ0) is 17.8. The molecule has 1 amide bonds. The van der Waals surface area contributed by atoms with Gasteiger partial charge in [0.1, 0.15) is 11.6 Å². The van der Waals surface area contributed by atoms with Gasteiger partial charge < -0.3 is 10.1 Å². The highest BCUT2D eigenvalue weighted by atomic mass is 32.1. The van der Waals surface area contributed by atoms with Crippen LogP contribution in [0.15, 0.2) is 61.1 Å². The molecule has 1 aromatic carbocycles. The first-order chi connectivity index (χ1) is 12.8. The summed E-state index contributed by atoms with van der Waals surface area (Å²) in [5.41, 5.74) is 1.52. The summed E-state index contributed by atoms with van der Waals surface area (Å²) in [5, 5.41) is 7.79. The molecule has 26 heavy (non-hydrogen) atoms. The fourth-order valence-electron chi connectivity index (χ4n) is 2.47. The number of anilines is 1. The van der Waals surface area contributed by atoms with Crippen molar-refractivity contribution in [3.63, 3.8) is 0 Å². The fourth-order valence-corrected chi connectivity index (χ4v) is 3.38. The Bertz CT molecular complexity index is 996. The van der Waals surface area contributed by atoms with E-state index in [4.69, 9.17) is 4.74 Å². The predicted octanol–water partition coefficient (Wildman–Crippen LogP) is 3.03. The number of pyridine rings is 1. The third-order valence-corrected chi connectivity index (χ3v) is 4.59. The SMILES string of the molecule is O=C(COCc1nc2ccccc2s1)Nc1cccnc1-n1cccn1. The summed E-state index contributed by atoms with van der Waals surface area (Å²) >= 11 is 1.56. The van der Waals surface area contributed by atoms with Crippen LogP contribution in [0.5, 0.6) is 0 Å². The molecule has 0 aliphatic carbocycles. The smallest absolute Gasteiger partial charge is 0.250 e. The van der Waals surface area contributed by atoms with Gasteiger partial charge in [-0.05, 0) is 30.3 Å². The highest BCUT2D eigenvalue weighted by Gasteiger charge is 2.10. The van der Waals surface area contributed by atoms with E-state index in [0.29, 0.717) is 18.1 Å². The lowest BCUT2D eigenvalue weighted by molar-refractivity contribution is -0.121. The average Bonchev–Trinajstić information content (AvgIpc) is 3.31. The van der Waals surface area contributed by atoms with Crippen LogP contribution in [-0.2, 0) is 16.1 Å². The highest BCUT2D eigenvalue weighted by molar-refractivity contribution is 7.18. The number of nitrogens with one attached hydrogen (secondary N) is 1. The predicted molar refractivity (Wildman–Crippen MR) is 99.3 cm³/mol. The number of ether oxygens (including phenoxy) is 1. The standard InChI is InChI=1S/C18H15N5O2S/c24-16(11-25-12-17-22-13-5-1-2-7-15(13)26-17)21-14-6-3-8-19-18(14)23-10-4-9-20-23/h1-10H,11-12H2,(H,21,24). The van der Waals surface area contributed by atoms with Crippen molar-refractivity contribution in [2.45, 2.75) is 6.61 Å². The highest BCUT2D eigenvalue weighted by Crippen LogP contribution is 2.22. The molecule has 0 saturated carbocycles. The number of thiazole rings is 1. The Kier molecular flexibility index (Phi) is 4.67. The van der Waals surface area contributed by atoms with Crippen molar-refractivity contribution in [1.29, 1.82) is 0 Å². The van der Waals surface area contributed by atoms with Gasteiger partial charge in [-0.1, -0.05) is 12.1 Å². The Hall–Kier alpha value is -3.10. The maximum Gasteiger partial charge on any atom is 0.250 e. The van der Waals surface area contributed by atoms with Gasteiger partial charge in [0.25, 0.3) is 0 Å². The number of carbonyl (C=O) groups is 1. The number of amides is 1. The van der Waals surface area contributed by atoms with Gasteiger partial charge >= 0.3 is 0 Å².